The van der Waals surface area contributed by atoms with Crippen molar-refractivity contribution in [3.05, 3.63) is 54.9 Å². The number of thioether (sulfide) groups is 1. The summed E-state index contributed by atoms with van der Waals surface area (Å²) >= 11 is 1.36. The molecule has 0 saturated heterocycles. The fourth-order valence-electron chi connectivity index (χ4n) is 2.41. The number of aromatic nitrogens is 3. The molecule has 2 aromatic carbocycles. The Hall–Kier alpha value is -3.00. The van der Waals surface area contributed by atoms with Gasteiger partial charge in [-0.25, -0.2) is 0 Å². The highest BCUT2D eigenvalue weighted by atomic mass is 32.2. The van der Waals surface area contributed by atoms with Crippen molar-refractivity contribution in [2.45, 2.75) is 25.5 Å². The number of nitrogens with zero attached hydrogens (tertiary/aromatic N) is 3. The molecular weight excluding hydrogens is 376 g/mol. The third-order valence-electron chi connectivity index (χ3n) is 3.76. The lowest BCUT2D eigenvalue weighted by Crippen LogP contribution is -2.14. The number of amides is 1. The molecule has 3 aromatic rings. The van der Waals surface area contributed by atoms with Crippen molar-refractivity contribution in [1.82, 2.24) is 14.8 Å². The van der Waals surface area contributed by atoms with Crippen molar-refractivity contribution in [1.29, 1.82) is 0 Å². The Morgan fingerprint density at radius 1 is 1.04 bits per heavy atom. The van der Waals surface area contributed by atoms with Crippen LogP contribution in [0.3, 0.4) is 0 Å². The predicted molar refractivity (Wildman–Crippen MR) is 109 cm³/mol. The molecule has 0 spiro atoms. The minimum atomic E-state index is -0.101. The van der Waals surface area contributed by atoms with E-state index < -0.39 is 0 Å². The van der Waals surface area contributed by atoms with Gasteiger partial charge in [-0.2, -0.15) is 0 Å². The fraction of sp³-hybridized carbons (Fsp3) is 0.250. The van der Waals surface area contributed by atoms with Crippen molar-refractivity contribution < 1.29 is 14.3 Å². The molecule has 146 valence electrons. The Balaban J connectivity index is 1.50. The number of anilines is 1. The number of aryl methyl sites for hydroxylation is 1. The first-order valence-electron chi connectivity index (χ1n) is 8.99. The third kappa shape index (κ3) is 5.50. The van der Waals surface area contributed by atoms with Crippen LogP contribution in [-0.4, -0.2) is 33.0 Å². The molecular formula is C20H22N4O3S. The van der Waals surface area contributed by atoms with E-state index in [1.54, 1.807) is 18.5 Å². The largest absolute Gasteiger partial charge is 0.494 e. The minimum Gasteiger partial charge on any atom is -0.494 e. The van der Waals surface area contributed by atoms with Crippen molar-refractivity contribution in [2.75, 3.05) is 17.7 Å². The molecule has 28 heavy (non-hydrogen) atoms. The van der Waals surface area contributed by atoms with Gasteiger partial charge < -0.3 is 19.4 Å². The lowest BCUT2D eigenvalue weighted by molar-refractivity contribution is -0.113. The number of hydrogen-bond donors (Lipinski definition) is 1. The number of benzene rings is 2. The summed E-state index contributed by atoms with van der Waals surface area (Å²) < 4.78 is 13.1. The average Bonchev–Trinajstić information content (AvgIpc) is 3.17. The van der Waals surface area contributed by atoms with Gasteiger partial charge in [-0.05, 0) is 62.4 Å². The Bertz CT molecular complexity index is 895. The number of rotatable bonds is 9. The molecule has 1 aromatic heterocycles. The third-order valence-corrected chi connectivity index (χ3v) is 4.74. The zero-order valence-electron chi connectivity index (χ0n) is 15.8. The fourth-order valence-corrected chi connectivity index (χ4v) is 3.19. The number of hydrogen-bond acceptors (Lipinski definition) is 6. The molecule has 0 radical (unpaired) electrons. The molecule has 0 aliphatic rings. The van der Waals surface area contributed by atoms with Crippen LogP contribution in [0, 0.1) is 0 Å². The SMILES string of the molecule is CCOc1ccc(Oc2ccc(NC(=O)CSc3nncn3CC)cc2)cc1. The second-order valence-corrected chi connectivity index (χ2v) is 6.71. The van der Waals surface area contributed by atoms with Crippen LogP contribution >= 0.6 is 11.8 Å². The quantitative estimate of drug-likeness (QED) is 0.544. The maximum atomic E-state index is 12.1. The van der Waals surface area contributed by atoms with Crippen LogP contribution in [0.4, 0.5) is 5.69 Å². The smallest absolute Gasteiger partial charge is 0.234 e. The molecule has 7 nitrogen and oxygen atoms in total. The minimum absolute atomic E-state index is 0.101. The summed E-state index contributed by atoms with van der Waals surface area (Å²) in [4.78, 5) is 12.1. The summed E-state index contributed by atoms with van der Waals surface area (Å²) in [7, 11) is 0. The summed E-state index contributed by atoms with van der Waals surface area (Å²) in [5.41, 5.74) is 0.710. The van der Waals surface area contributed by atoms with Crippen LogP contribution in [0.25, 0.3) is 0 Å². The van der Waals surface area contributed by atoms with Gasteiger partial charge in [0.05, 0.1) is 12.4 Å². The summed E-state index contributed by atoms with van der Waals surface area (Å²) in [6, 6.07) is 14.7. The summed E-state index contributed by atoms with van der Waals surface area (Å²) in [5.74, 6) is 2.38. The number of nitrogens with one attached hydrogen (secondary N) is 1. The zero-order chi connectivity index (χ0) is 19.8. The number of carbonyl (C=O) groups excluding carboxylic acids is 1. The van der Waals surface area contributed by atoms with E-state index in [2.05, 4.69) is 15.5 Å². The average molecular weight is 398 g/mol. The van der Waals surface area contributed by atoms with Gasteiger partial charge in [-0.1, -0.05) is 11.8 Å². The first-order valence-corrected chi connectivity index (χ1v) is 9.97. The molecule has 1 amide bonds. The van der Waals surface area contributed by atoms with E-state index in [-0.39, 0.29) is 11.7 Å². The van der Waals surface area contributed by atoms with Crippen LogP contribution in [0.15, 0.2) is 60.0 Å². The number of carbonyl (C=O) groups is 1. The summed E-state index contributed by atoms with van der Waals surface area (Å²) in [6.45, 7) is 5.35. The molecule has 1 N–H and O–H groups in total. The van der Waals surface area contributed by atoms with Crippen LogP contribution in [0.2, 0.25) is 0 Å². The first kappa shape index (κ1) is 19.8. The van der Waals surface area contributed by atoms with Gasteiger partial charge in [0, 0.05) is 12.2 Å². The first-order chi connectivity index (χ1) is 13.7. The lowest BCUT2D eigenvalue weighted by Gasteiger charge is -2.09. The van der Waals surface area contributed by atoms with Gasteiger partial charge in [0.15, 0.2) is 5.16 Å². The van der Waals surface area contributed by atoms with Gasteiger partial charge in [0.2, 0.25) is 5.91 Å². The number of ether oxygens (including phenoxy) is 2. The molecule has 0 aliphatic carbocycles. The van der Waals surface area contributed by atoms with Gasteiger partial charge in [0.1, 0.15) is 23.6 Å². The van der Waals surface area contributed by atoms with Gasteiger partial charge >= 0.3 is 0 Å². The maximum absolute atomic E-state index is 12.1. The molecule has 8 heteroatoms. The van der Waals surface area contributed by atoms with E-state index >= 15 is 0 Å². The highest BCUT2D eigenvalue weighted by Crippen LogP contribution is 2.25. The Morgan fingerprint density at radius 2 is 1.68 bits per heavy atom. The summed E-state index contributed by atoms with van der Waals surface area (Å²) in [5, 5.41) is 11.5. The molecule has 0 bridgehead atoms. The molecule has 1 heterocycles. The van der Waals surface area contributed by atoms with Crippen LogP contribution in [0.1, 0.15) is 13.8 Å². The van der Waals surface area contributed by atoms with Crippen molar-refractivity contribution >= 4 is 23.4 Å². The van der Waals surface area contributed by atoms with Crippen molar-refractivity contribution in [3.63, 3.8) is 0 Å². The predicted octanol–water partition coefficient (Wildman–Crippen LogP) is 4.22. The highest BCUT2D eigenvalue weighted by molar-refractivity contribution is 7.99. The van der Waals surface area contributed by atoms with Crippen molar-refractivity contribution in [2.24, 2.45) is 0 Å². The standard InChI is InChI=1S/C20H22N4O3S/c1-3-24-14-21-23-20(24)28-13-19(25)22-15-5-7-17(8-6-15)27-18-11-9-16(10-12-18)26-4-2/h5-12,14H,3-4,13H2,1-2H3,(H,22,25). The monoisotopic (exact) mass is 398 g/mol. The topological polar surface area (TPSA) is 78.3 Å². The molecule has 3 rings (SSSR count). The molecule has 0 aliphatic heterocycles. The Labute approximate surface area is 168 Å². The van der Waals surface area contributed by atoms with E-state index in [9.17, 15) is 4.79 Å². The Kier molecular flexibility index (Phi) is 6.91. The highest BCUT2D eigenvalue weighted by Gasteiger charge is 2.08. The van der Waals surface area contributed by atoms with E-state index in [0.29, 0.717) is 18.0 Å². The van der Waals surface area contributed by atoms with Crippen molar-refractivity contribution in [3.8, 4) is 17.2 Å². The van der Waals surface area contributed by atoms with E-state index in [4.69, 9.17) is 9.47 Å². The van der Waals surface area contributed by atoms with Gasteiger partial charge in [-0.15, -0.1) is 10.2 Å². The van der Waals surface area contributed by atoms with Gasteiger partial charge in [-0.3, -0.25) is 4.79 Å². The lowest BCUT2D eigenvalue weighted by atomic mass is 10.3. The van der Waals surface area contributed by atoms with E-state index in [0.717, 1.165) is 23.2 Å². The van der Waals surface area contributed by atoms with Crippen LogP contribution in [-0.2, 0) is 11.3 Å². The van der Waals surface area contributed by atoms with Gasteiger partial charge in [0.25, 0.3) is 0 Å². The Morgan fingerprint density at radius 3 is 2.32 bits per heavy atom. The molecule has 0 saturated carbocycles. The second-order valence-electron chi connectivity index (χ2n) is 5.77. The van der Waals surface area contributed by atoms with E-state index in [1.165, 1.54) is 11.8 Å². The molecule has 0 fully saturated rings. The normalized spacial score (nSPS) is 10.5. The second kappa shape index (κ2) is 9.80. The van der Waals surface area contributed by atoms with Crippen LogP contribution < -0.4 is 14.8 Å². The van der Waals surface area contributed by atoms with Crippen LogP contribution in [0.5, 0.6) is 17.2 Å². The molecule has 0 unspecified atom stereocenters. The zero-order valence-corrected chi connectivity index (χ0v) is 16.6. The summed E-state index contributed by atoms with van der Waals surface area (Å²) in [6.07, 6.45) is 1.66. The van der Waals surface area contributed by atoms with E-state index in [1.807, 2.05) is 54.8 Å². The maximum Gasteiger partial charge on any atom is 0.234 e. The molecule has 0 atom stereocenters.